The lowest BCUT2D eigenvalue weighted by Crippen LogP contribution is -2.35. The molecule has 3 rings (SSSR count). The molecule has 0 aliphatic heterocycles. The summed E-state index contributed by atoms with van der Waals surface area (Å²) in [5.41, 5.74) is 3.24. The molecule has 1 heterocycles. The summed E-state index contributed by atoms with van der Waals surface area (Å²) < 4.78 is 21.6. The van der Waals surface area contributed by atoms with Gasteiger partial charge in [0.1, 0.15) is 5.82 Å². The van der Waals surface area contributed by atoms with Crippen LogP contribution < -0.4 is 5.32 Å². The van der Waals surface area contributed by atoms with Crippen LogP contribution in [0.2, 0.25) is 0 Å². The molecule has 1 aromatic heterocycles. The van der Waals surface area contributed by atoms with Crippen LogP contribution in [0.15, 0.2) is 54.7 Å². The second-order valence-electron chi connectivity index (χ2n) is 6.07. The highest BCUT2D eigenvalue weighted by Gasteiger charge is 2.26. The molecular formula is C20H24ClFN2O. The van der Waals surface area contributed by atoms with E-state index in [1.54, 1.807) is 13.2 Å². The molecule has 3 nitrogen and oxygen atoms in total. The van der Waals surface area contributed by atoms with Crippen LogP contribution in [0.4, 0.5) is 4.39 Å². The number of aryl methyl sites for hydroxylation is 1. The zero-order valence-electron chi connectivity index (χ0n) is 14.7. The van der Waals surface area contributed by atoms with Crippen LogP contribution in [0.3, 0.4) is 0 Å². The first-order valence-electron chi connectivity index (χ1n) is 8.14. The Morgan fingerprint density at radius 3 is 2.52 bits per heavy atom. The van der Waals surface area contributed by atoms with Crippen LogP contribution in [0.1, 0.15) is 17.2 Å². The summed E-state index contributed by atoms with van der Waals surface area (Å²) in [5.74, 6) is -0.210. The Morgan fingerprint density at radius 1 is 1.16 bits per heavy atom. The second kappa shape index (κ2) is 8.48. The number of hydrogen-bond acceptors (Lipinski definition) is 2. The monoisotopic (exact) mass is 362 g/mol. The van der Waals surface area contributed by atoms with Gasteiger partial charge >= 0.3 is 0 Å². The molecule has 0 saturated heterocycles. The number of nitrogens with one attached hydrogen (secondary N) is 1. The van der Waals surface area contributed by atoms with Gasteiger partial charge in [-0.1, -0.05) is 30.3 Å². The van der Waals surface area contributed by atoms with Gasteiger partial charge < -0.3 is 14.6 Å². The maximum atomic E-state index is 13.7. The Bertz CT molecular complexity index is 819. The van der Waals surface area contributed by atoms with E-state index in [9.17, 15) is 4.39 Å². The fourth-order valence-corrected chi connectivity index (χ4v) is 3.36. The third-order valence-corrected chi connectivity index (χ3v) is 4.50. The minimum atomic E-state index is -0.210. The molecule has 3 aromatic rings. The lowest BCUT2D eigenvalue weighted by molar-refractivity contribution is 0.0722. The molecule has 0 spiro atoms. The van der Waals surface area contributed by atoms with E-state index in [4.69, 9.17) is 4.74 Å². The van der Waals surface area contributed by atoms with Gasteiger partial charge in [-0.2, -0.15) is 0 Å². The number of aromatic nitrogens is 1. The van der Waals surface area contributed by atoms with Gasteiger partial charge in [0.15, 0.2) is 0 Å². The number of fused-ring (bicyclic) bond motifs is 1. The van der Waals surface area contributed by atoms with Crippen molar-refractivity contribution in [2.75, 3.05) is 20.7 Å². The molecule has 0 aliphatic carbocycles. The molecule has 0 amide bonds. The third-order valence-electron chi connectivity index (χ3n) is 4.50. The van der Waals surface area contributed by atoms with Crippen LogP contribution in [-0.2, 0) is 4.74 Å². The van der Waals surface area contributed by atoms with Crippen molar-refractivity contribution in [1.82, 2.24) is 9.88 Å². The normalized spacial score (nSPS) is 13.4. The summed E-state index contributed by atoms with van der Waals surface area (Å²) in [5, 5.41) is 4.14. The van der Waals surface area contributed by atoms with Gasteiger partial charge in [0, 0.05) is 30.8 Å². The van der Waals surface area contributed by atoms with Crippen LogP contribution >= 0.6 is 12.4 Å². The second-order valence-corrected chi connectivity index (χ2v) is 6.07. The van der Waals surface area contributed by atoms with Crippen molar-refractivity contribution < 1.29 is 9.13 Å². The summed E-state index contributed by atoms with van der Waals surface area (Å²) in [6.45, 7) is 2.73. The van der Waals surface area contributed by atoms with Gasteiger partial charge in [-0.05, 0) is 43.3 Å². The highest BCUT2D eigenvalue weighted by molar-refractivity contribution is 5.85. The quantitative estimate of drug-likeness (QED) is 0.706. The number of ether oxygens (including phenoxy) is 1. The largest absolute Gasteiger partial charge is 0.378 e. The van der Waals surface area contributed by atoms with Crippen LogP contribution in [0.5, 0.6) is 0 Å². The Kier molecular flexibility index (Phi) is 6.59. The average Bonchev–Trinajstić information content (AvgIpc) is 2.91. The molecular weight excluding hydrogens is 339 g/mol. The fraction of sp³-hybridized carbons (Fsp3) is 0.300. The van der Waals surface area contributed by atoms with E-state index in [-0.39, 0.29) is 30.4 Å². The predicted molar refractivity (Wildman–Crippen MR) is 103 cm³/mol. The molecule has 0 saturated carbocycles. The molecule has 0 radical (unpaired) electrons. The number of methoxy groups -OCH3 is 1. The Balaban J connectivity index is 0.00000225. The van der Waals surface area contributed by atoms with Gasteiger partial charge in [0.25, 0.3) is 0 Å². The lowest BCUT2D eigenvalue weighted by atomic mass is 10.0. The summed E-state index contributed by atoms with van der Waals surface area (Å²) in [6.07, 6.45) is 2.04. The number of nitrogens with zero attached hydrogens (tertiary/aromatic N) is 1. The predicted octanol–water partition coefficient (Wildman–Crippen LogP) is 4.33. The van der Waals surface area contributed by atoms with Gasteiger partial charge in [0.05, 0.1) is 12.1 Å². The molecule has 0 bridgehead atoms. The van der Waals surface area contributed by atoms with E-state index >= 15 is 0 Å². The zero-order valence-corrected chi connectivity index (χ0v) is 15.5. The Labute approximate surface area is 154 Å². The molecule has 1 N–H and O–H groups in total. The third kappa shape index (κ3) is 3.87. The van der Waals surface area contributed by atoms with Crippen molar-refractivity contribution in [1.29, 1.82) is 0 Å². The van der Waals surface area contributed by atoms with Crippen LogP contribution in [-0.4, -0.2) is 31.4 Å². The fourth-order valence-electron chi connectivity index (χ4n) is 3.36. The Morgan fingerprint density at radius 2 is 1.88 bits per heavy atom. The van der Waals surface area contributed by atoms with E-state index in [2.05, 4.69) is 28.2 Å². The molecule has 25 heavy (non-hydrogen) atoms. The molecule has 0 aliphatic rings. The van der Waals surface area contributed by atoms with Gasteiger partial charge in [-0.25, -0.2) is 4.39 Å². The molecule has 134 valence electrons. The maximum absolute atomic E-state index is 13.7. The topological polar surface area (TPSA) is 26.2 Å². The van der Waals surface area contributed by atoms with Crippen molar-refractivity contribution in [2.24, 2.45) is 0 Å². The van der Waals surface area contributed by atoms with Crippen molar-refractivity contribution in [2.45, 2.75) is 19.1 Å². The number of hydrogen-bond donors (Lipinski definition) is 1. The van der Waals surface area contributed by atoms with Gasteiger partial charge in [-0.3, -0.25) is 0 Å². The highest BCUT2D eigenvalue weighted by atomic mass is 35.5. The van der Waals surface area contributed by atoms with E-state index < -0.39 is 0 Å². The minimum absolute atomic E-state index is 0. The SMILES string of the molecule is CNC[C@@H](OC)[C@H](c1ccccc1)n1cc(C)c2cc(F)ccc21.Cl. The summed E-state index contributed by atoms with van der Waals surface area (Å²) in [7, 11) is 3.65. The smallest absolute Gasteiger partial charge is 0.123 e. The maximum Gasteiger partial charge on any atom is 0.123 e. The molecule has 2 aromatic carbocycles. The minimum Gasteiger partial charge on any atom is -0.378 e. The standard InChI is InChI=1S/C20H23FN2O.ClH/c1-14-13-23(18-10-9-16(21)11-17(14)18)20(19(24-3)12-22-2)15-7-5-4-6-8-15;/h4-11,13,19-20,22H,12H2,1-3H3;1H/t19-,20+;/m1./s1. The number of benzene rings is 2. The summed E-state index contributed by atoms with van der Waals surface area (Å²) in [4.78, 5) is 0. The Hall–Kier alpha value is -1.88. The first-order chi connectivity index (χ1) is 11.7. The first-order valence-corrected chi connectivity index (χ1v) is 8.14. The summed E-state index contributed by atoms with van der Waals surface area (Å²) >= 11 is 0. The van der Waals surface area contributed by atoms with E-state index in [0.29, 0.717) is 0 Å². The van der Waals surface area contributed by atoms with E-state index in [1.165, 1.54) is 11.6 Å². The zero-order chi connectivity index (χ0) is 17.1. The highest BCUT2D eigenvalue weighted by Crippen LogP contribution is 2.31. The van der Waals surface area contributed by atoms with Crippen molar-refractivity contribution in [3.8, 4) is 0 Å². The molecule has 2 atom stereocenters. The average molecular weight is 363 g/mol. The summed E-state index contributed by atoms with van der Waals surface area (Å²) in [6, 6.07) is 15.3. The van der Waals surface area contributed by atoms with Crippen molar-refractivity contribution >= 4 is 23.3 Å². The lowest BCUT2D eigenvalue weighted by Gasteiger charge is -2.28. The van der Waals surface area contributed by atoms with E-state index in [0.717, 1.165) is 23.0 Å². The van der Waals surface area contributed by atoms with Crippen LogP contribution in [0.25, 0.3) is 10.9 Å². The van der Waals surface area contributed by atoms with Crippen molar-refractivity contribution in [3.63, 3.8) is 0 Å². The molecule has 0 unspecified atom stereocenters. The van der Waals surface area contributed by atoms with Crippen LogP contribution in [0, 0.1) is 12.7 Å². The first kappa shape index (κ1) is 19.4. The molecule has 0 fully saturated rings. The number of likely N-dealkylation sites (N-methyl/N-ethyl adjacent to an activating group) is 1. The number of halogens is 2. The van der Waals surface area contributed by atoms with E-state index in [1.807, 2.05) is 38.2 Å². The van der Waals surface area contributed by atoms with Gasteiger partial charge in [-0.15, -0.1) is 12.4 Å². The molecule has 5 heteroatoms. The van der Waals surface area contributed by atoms with Crippen molar-refractivity contribution in [3.05, 3.63) is 71.7 Å². The number of rotatable bonds is 6. The van der Waals surface area contributed by atoms with Gasteiger partial charge in [0.2, 0.25) is 0 Å².